The molecule has 1 aromatic carbocycles. The zero-order valence-corrected chi connectivity index (χ0v) is 14.8. The number of nitriles is 2. The number of piperazine rings is 1. The van der Waals surface area contributed by atoms with Crippen molar-refractivity contribution in [1.29, 1.82) is 10.5 Å². The molecule has 6 nitrogen and oxygen atoms in total. The highest BCUT2D eigenvalue weighted by Crippen LogP contribution is 2.24. The van der Waals surface area contributed by atoms with Crippen LogP contribution in [0.1, 0.15) is 26.3 Å². The van der Waals surface area contributed by atoms with Crippen LogP contribution in [0.5, 0.6) is 0 Å². The zero-order chi connectivity index (χ0) is 18.4. The monoisotopic (exact) mass is 338 g/mol. The highest BCUT2D eigenvalue weighted by atomic mass is 16.6. The zero-order valence-electron chi connectivity index (χ0n) is 14.8. The van der Waals surface area contributed by atoms with Crippen molar-refractivity contribution in [3.8, 4) is 12.1 Å². The SMILES string of the molecule is CC(C)(C)OC(=O)N1CCN(C(=C(C#N)C#N)c2ccccc2)CC1. The standard InChI is InChI=1S/C19H22N4O2/c1-19(2,3)25-18(24)23-11-9-22(10-12-23)17(16(13-20)14-21)15-7-5-4-6-8-15/h4-8H,9-12H2,1-3H3. The summed E-state index contributed by atoms with van der Waals surface area (Å²) < 4.78 is 5.40. The third-order valence-electron chi connectivity index (χ3n) is 3.76. The Bertz CT molecular complexity index is 711. The predicted octanol–water partition coefficient (Wildman–Crippen LogP) is 3.00. The molecule has 0 atom stereocenters. The molecule has 6 heteroatoms. The minimum absolute atomic E-state index is 0.0805. The number of nitrogens with zero attached hydrogens (tertiary/aromatic N) is 4. The molecule has 2 rings (SSSR count). The van der Waals surface area contributed by atoms with E-state index in [0.29, 0.717) is 31.9 Å². The molecule has 0 aliphatic carbocycles. The van der Waals surface area contributed by atoms with E-state index >= 15 is 0 Å². The summed E-state index contributed by atoms with van der Waals surface area (Å²) >= 11 is 0. The maximum atomic E-state index is 12.2. The Kier molecular flexibility index (Phi) is 5.67. The van der Waals surface area contributed by atoms with Crippen LogP contribution in [-0.2, 0) is 4.74 Å². The topological polar surface area (TPSA) is 80.4 Å². The molecule has 0 bridgehead atoms. The van der Waals surface area contributed by atoms with Crippen LogP contribution in [0.2, 0.25) is 0 Å². The van der Waals surface area contributed by atoms with Crippen LogP contribution in [-0.4, -0.2) is 47.7 Å². The Morgan fingerprint density at radius 1 is 1.00 bits per heavy atom. The first-order valence-electron chi connectivity index (χ1n) is 8.18. The van der Waals surface area contributed by atoms with Gasteiger partial charge in [0.05, 0.1) is 5.70 Å². The molecule has 0 N–H and O–H groups in total. The van der Waals surface area contributed by atoms with Crippen LogP contribution in [0, 0.1) is 22.7 Å². The lowest BCUT2D eigenvalue weighted by atomic mass is 10.1. The number of hydrogen-bond donors (Lipinski definition) is 0. The molecule has 130 valence electrons. The van der Waals surface area contributed by atoms with Gasteiger partial charge in [0.15, 0.2) is 5.57 Å². The molecule has 0 unspecified atom stereocenters. The van der Waals surface area contributed by atoms with E-state index in [2.05, 4.69) is 0 Å². The molecule has 1 aliphatic heterocycles. The fourth-order valence-electron chi connectivity index (χ4n) is 2.65. The molecular weight excluding hydrogens is 316 g/mol. The molecule has 1 fully saturated rings. The Hall–Kier alpha value is -2.99. The van der Waals surface area contributed by atoms with Gasteiger partial charge in [0.2, 0.25) is 0 Å². The summed E-state index contributed by atoms with van der Waals surface area (Å²) in [6, 6.07) is 13.4. The minimum atomic E-state index is -0.530. The first kappa shape index (κ1) is 18.4. The normalized spacial score (nSPS) is 14.3. The summed E-state index contributed by atoms with van der Waals surface area (Å²) in [5.41, 5.74) is 0.996. The summed E-state index contributed by atoms with van der Waals surface area (Å²) in [5.74, 6) is 0. The van der Waals surface area contributed by atoms with Crippen molar-refractivity contribution in [3.05, 3.63) is 41.5 Å². The Morgan fingerprint density at radius 2 is 1.52 bits per heavy atom. The summed E-state index contributed by atoms with van der Waals surface area (Å²) in [6.45, 7) is 7.55. The minimum Gasteiger partial charge on any atom is -0.444 e. The summed E-state index contributed by atoms with van der Waals surface area (Å²) in [4.78, 5) is 15.8. The van der Waals surface area contributed by atoms with E-state index in [0.717, 1.165) is 5.56 Å². The third kappa shape index (κ3) is 4.74. The molecule has 0 saturated carbocycles. The van der Waals surface area contributed by atoms with Crippen molar-refractivity contribution < 1.29 is 9.53 Å². The number of ether oxygens (including phenoxy) is 1. The number of benzene rings is 1. The van der Waals surface area contributed by atoms with Crippen LogP contribution in [0.25, 0.3) is 5.70 Å². The van der Waals surface area contributed by atoms with Crippen LogP contribution in [0.15, 0.2) is 35.9 Å². The van der Waals surface area contributed by atoms with E-state index in [1.807, 2.05) is 68.1 Å². The number of carbonyl (C=O) groups excluding carboxylic acids is 1. The lowest BCUT2D eigenvalue weighted by Crippen LogP contribution is -2.49. The summed E-state index contributed by atoms with van der Waals surface area (Å²) in [7, 11) is 0. The Labute approximate surface area is 148 Å². The third-order valence-corrected chi connectivity index (χ3v) is 3.76. The number of amides is 1. The lowest BCUT2D eigenvalue weighted by Gasteiger charge is -2.37. The van der Waals surface area contributed by atoms with Crippen molar-refractivity contribution in [2.45, 2.75) is 26.4 Å². The largest absolute Gasteiger partial charge is 0.444 e. The van der Waals surface area contributed by atoms with Crippen molar-refractivity contribution in [3.63, 3.8) is 0 Å². The average Bonchev–Trinajstić information content (AvgIpc) is 2.59. The molecule has 1 aromatic rings. The highest BCUT2D eigenvalue weighted by molar-refractivity contribution is 5.74. The molecule has 1 heterocycles. The van der Waals surface area contributed by atoms with E-state index in [9.17, 15) is 15.3 Å². The maximum absolute atomic E-state index is 12.2. The van der Waals surface area contributed by atoms with Gasteiger partial charge in [-0.25, -0.2) is 4.79 Å². The van der Waals surface area contributed by atoms with Crippen molar-refractivity contribution in [2.24, 2.45) is 0 Å². The average molecular weight is 338 g/mol. The highest BCUT2D eigenvalue weighted by Gasteiger charge is 2.28. The van der Waals surface area contributed by atoms with Gasteiger partial charge in [0.1, 0.15) is 17.7 Å². The van der Waals surface area contributed by atoms with Gasteiger partial charge in [-0.1, -0.05) is 30.3 Å². The molecule has 25 heavy (non-hydrogen) atoms. The smallest absolute Gasteiger partial charge is 0.410 e. The van der Waals surface area contributed by atoms with E-state index < -0.39 is 5.60 Å². The summed E-state index contributed by atoms with van der Waals surface area (Å²) in [5, 5.41) is 18.6. The molecule has 1 amide bonds. The molecule has 1 aliphatic rings. The molecule has 1 saturated heterocycles. The van der Waals surface area contributed by atoms with E-state index in [-0.39, 0.29) is 11.7 Å². The number of rotatable bonds is 2. The number of hydrogen-bond acceptors (Lipinski definition) is 5. The summed E-state index contributed by atoms with van der Waals surface area (Å²) in [6.07, 6.45) is -0.335. The van der Waals surface area contributed by atoms with Gasteiger partial charge in [-0.2, -0.15) is 10.5 Å². The molecule has 0 spiro atoms. The van der Waals surface area contributed by atoms with Gasteiger partial charge in [-0.15, -0.1) is 0 Å². The van der Waals surface area contributed by atoms with E-state index in [1.165, 1.54) is 0 Å². The van der Waals surface area contributed by atoms with Gasteiger partial charge in [-0.05, 0) is 26.3 Å². The van der Waals surface area contributed by atoms with Crippen LogP contribution in [0.3, 0.4) is 0 Å². The maximum Gasteiger partial charge on any atom is 0.410 e. The Balaban J connectivity index is 2.17. The second-order valence-corrected chi connectivity index (χ2v) is 6.77. The van der Waals surface area contributed by atoms with Crippen molar-refractivity contribution >= 4 is 11.8 Å². The van der Waals surface area contributed by atoms with Crippen molar-refractivity contribution in [1.82, 2.24) is 9.80 Å². The lowest BCUT2D eigenvalue weighted by molar-refractivity contribution is 0.0182. The van der Waals surface area contributed by atoms with Gasteiger partial charge in [0, 0.05) is 26.2 Å². The van der Waals surface area contributed by atoms with Crippen LogP contribution in [0.4, 0.5) is 4.79 Å². The van der Waals surface area contributed by atoms with Gasteiger partial charge >= 0.3 is 6.09 Å². The quantitative estimate of drug-likeness (QED) is 0.774. The first-order chi connectivity index (χ1) is 11.9. The fraction of sp³-hybridized carbons (Fsp3) is 0.421. The number of allylic oxidation sites excluding steroid dienone is 1. The number of carbonyl (C=O) groups is 1. The van der Waals surface area contributed by atoms with E-state index in [1.54, 1.807) is 4.90 Å². The predicted molar refractivity (Wildman–Crippen MR) is 94.0 cm³/mol. The Morgan fingerprint density at radius 3 is 2.00 bits per heavy atom. The van der Waals surface area contributed by atoms with Crippen LogP contribution >= 0.6 is 0 Å². The second-order valence-electron chi connectivity index (χ2n) is 6.77. The van der Waals surface area contributed by atoms with E-state index in [4.69, 9.17) is 4.74 Å². The van der Waals surface area contributed by atoms with Crippen LogP contribution < -0.4 is 0 Å². The molecular formula is C19H22N4O2. The van der Waals surface area contributed by atoms with Crippen molar-refractivity contribution in [2.75, 3.05) is 26.2 Å². The second kappa shape index (κ2) is 7.72. The fourth-order valence-corrected chi connectivity index (χ4v) is 2.65. The molecule has 0 aromatic heterocycles. The van der Waals surface area contributed by atoms with Gasteiger partial charge in [-0.3, -0.25) is 0 Å². The van der Waals surface area contributed by atoms with Gasteiger partial charge in [0.25, 0.3) is 0 Å². The van der Waals surface area contributed by atoms with Gasteiger partial charge < -0.3 is 14.5 Å². The molecule has 0 radical (unpaired) electrons. The first-order valence-corrected chi connectivity index (χ1v) is 8.18.